The molecule has 0 spiro atoms. The predicted octanol–water partition coefficient (Wildman–Crippen LogP) is 0.326. The molecule has 0 bridgehead atoms. The Morgan fingerprint density at radius 2 is 2.12 bits per heavy atom. The summed E-state index contributed by atoms with van der Waals surface area (Å²) >= 11 is 0. The fourth-order valence-electron chi connectivity index (χ4n) is 1.86. The van der Waals surface area contributed by atoms with Gasteiger partial charge in [-0.1, -0.05) is 12.1 Å². The quantitative estimate of drug-likeness (QED) is 0.771. The second-order valence-corrected chi connectivity index (χ2v) is 3.95. The summed E-state index contributed by atoms with van der Waals surface area (Å²) in [5, 5.41) is 6.05. The van der Waals surface area contributed by atoms with Crippen LogP contribution in [0.1, 0.15) is 5.56 Å². The number of rotatable bonds is 3. The molecule has 1 aromatic carbocycles. The first-order chi connectivity index (χ1) is 7.78. The number of carbonyl (C=O) groups is 1. The second kappa shape index (κ2) is 4.99. The fraction of sp³-hybridized carbons (Fsp3) is 0.417. The highest BCUT2D eigenvalue weighted by atomic mass is 16.5. The van der Waals surface area contributed by atoms with Crippen molar-refractivity contribution in [1.29, 1.82) is 0 Å². The summed E-state index contributed by atoms with van der Waals surface area (Å²) in [6.45, 7) is 1.26. The minimum atomic E-state index is 0.0739. The summed E-state index contributed by atoms with van der Waals surface area (Å²) in [6, 6.07) is 8.12. The minimum Gasteiger partial charge on any atom is -0.497 e. The van der Waals surface area contributed by atoms with Crippen LogP contribution < -0.4 is 15.4 Å². The third-order valence-electron chi connectivity index (χ3n) is 2.68. The Bertz CT molecular complexity index is 362. The molecule has 0 saturated carbocycles. The van der Waals surface area contributed by atoms with E-state index < -0.39 is 0 Å². The standard InChI is InChI=1S/C12H16N2O2/c1-16-11-4-2-9(3-5-11)6-10-7-13-8-12(15)14-10/h2-5,10,13H,6-8H2,1H3,(H,14,15). The lowest BCUT2D eigenvalue weighted by Gasteiger charge is -2.24. The van der Waals surface area contributed by atoms with Crippen LogP contribution in [0.4, 0.5) is 0 Å². The third kappa shape index (κ3) is 2.73. The van der Waals surface area contributed by atoms with E-state index >= 15 is 0 Å². The zero-order valence-corrected chi connectivity index (χ0v) is 9.32. The van der Waals surface area contributed by atoms with Crippen LogP contribution in [0, 0.1) is 0 Å². The molecule has 2 rings (SSSR count). The van der Waals surface area contributed by atoms with Crippen LogP contribution in [-0.4, -0.2) is 32.1 Å². The van der Waals surface area contributed by atoms with E-state index in [1.165, 1.54) is 5.56 Å². The molecule has 1 atom stereocenters. The molecule has 0 aromatic heterocycles. The first-order valence-corrected chi connectivity index (χ1v) is 5.41. The normalized spacial score (nSPS) is 20.3. The number of ether oxygens (including phenoxy) is 1. The van der Waals surface area contributed by atoms with Crippen LogP contribution in [-0.2, 0) is 11.2 Å². The molecule has 1 aromatic rings. The molecule has 2 N–H and O–H groups in total. The summed E-state index contributed by atoms with van der Waals surface area (Å²) in [7, 11) is 1.65. The van der Waals surface area contributed by atoms with Crippen LogP contribution in [0.5, 0.6) is 5.75 Å². The van der Waals surface area contributed by atoms with Crippen molar-refractivity contribution in [3.05, 3.63) is 29.8 Å². The fourth-order valence-corrected chi connectivity index (χ4v) is 1.86. The van der Waals surface area contributed by atoms with E-state index in [1.807, 2.05) is 24.3 Å². The van der Waals surface area contributed by atoms with E-state index in [1.54, 1.807) is 7.11 Å². The number of hydrogen-bond acceptors (Lipinski definition) is 3. The van der Waals surface area contributed by atoms with Crippen molar-refractivity contribution in [1.82, 2.24) is 10.6 Å². The topological polar surface area (TPSA) is 50.4 Å². The van der Waals surface area contributed by atoms with Gasteiger partial charge < -0.3 is 15.4 Å². The second-order valence-electron chi connectivity index (χ2n) is 3.95. The number of piperazine rings is 1. The Balaban J connectivity index is 1.94. The summed E-state index contributed by atoms with van der Waals surface area (Å²) in [5.41, 5.74) is 1.20. The van der Waals surface area contributed by atoms with Crippen LogP contribution in [0.2, 0.25) is 0 Å². The number of hydrogen-bond donors (Lipinski definition) is 2. The van der Waals surface area contributed by atoms with Gasteiger partial charge in [0.05, 0.1) is 13.7 Å². The molecule has 1 aliphatic heterocycles. The lowest BCUT2D eigenvalue weighted by Crippen LogP contribution is -2.52. The van der Waals surface area contributed by atoms with Crippen molar-refractivity contribution in [2.24, 2.45) is 0 Å². The maximum absolute atomic E-state index is 11.2. The number of carbonyl (C=O) groups excluding carboxylic acids is 1. The minimum absolute atomic E-state index is 0.0739. The zero-order valence-electron chi connectivity index (χ0n) is 9.32. The predicted molar refractivity (Wildman–Crippen MR) is 61.5 cm³/mol. The van der Waals surface area contributed by atoms with Gasteiger partial charge in [0.25, 0.3) is 0 Å². The van der Waals surface area contributed by atoms with Gasteiger partial charge in [0.15, 0.2) is 0 Å². The molecule has 1 heterocycles. The molecule has 0 radical (unpaired) electrons. The van der Waals surface area contributed by atoms with Crippen molar-refractivity contribution in [2.45, 2.75) is 12.5 Å². The Kier molecular flexibility index (Phi) is 3.41. The monoisotopic (exact) mass is 220 g/mol. The Hall–Kier alpha value is -1.55. The Morgan fingerprint density at radius 3 is 2.75 bits per heavy atom. The summed E-state index contributed by atoms with van der Waals surface area (Å²) in [4.78, 5) is 11.2. The van der Waals surface area contributed by atoms with Crippen LogP contribution >= 0.6 is 0 Å². The summed E-state index contributed by atoms with van der Waals surface area (Å²) < 4.78 is 5.09. The highest BCUT2D eigenvalue weighted by Gasteiger charge is 2.17. The first kappa shape index (κ1) is 11.0. The number of nitrogens with one attached hydrogen (secondary N) is 2. The van der Waals surface area contributed by atoms with Gasteiger partial charge in [-0.15, -0.1) is 0 Å². The molecule has 1 saturated heterocycles. The molecule has 1 amide bonds. The van der Waals surface area contributed by atoms with Crippen LogP contribution in [0.3, 0.4) is 0 Å². The van der Waals surface area contributed by atoms with Crippen molar-refractivity contribution >= 4 is 5.91 Å². The molecule has 4 nitrogen and oxygen atoms in total. The molecular weight excluding hydrogens is 204 g/mol. The van der Waals surface area contributed by atoms with Gasteiger partial charge in [0.1, 0.15) is 5.75 Å². The van der Waals surface area contributed by atoms with Gasteiger partial charge in [-0.25, -0.2) is 0 Å². The Labute approximate surface area is 95.0 Å². The van der Waals surface area contributed by atoms with Crippen molar-refractivity contribution in [3.63, 3.8) is 0 Å². The zero-order chi connectivity index (χ0) is 11.4. The van der Waals surface area contributed by atoms with Gasteiger partial charge in [0, 0.05) is 12.6 Å². The lowest BCUT2D eigenvalue weighted by atomic mass is 10.0. The third-order valence-corrected chi connectivity index (χ3v) is 2.68. The molecule has 16 heavy (non-hydrogen) atoms. The van der Waals surface area contributed by atoms with Gasteiger partial charge in [0.2, 0.25) is 5.91 Å². The molecule has 1 fully saturated rings. The van der Waals surface area contributed by atoms with E-state index in [-0.39, 0.29) is 11.9 Å². The average Bonchev–Trinajstić information content (AvgIpc) is 2.30. The largest absolute Gasteiger partial charge is 0.497 e. The molecule has 1 aliphatic rings. The van der Waals surface area contributed by atoms with Gasteiger partial charge in [-0.2, -0.15) is 0 Å². The smallest absolute Gasteiger partial charge is 0.234 e. The summed E-state index contributed by atoms with van der Waals surface area (Å²) in [5.74, 6) is 0.930. The molecule has 1 unspecified atom stereocenters. The molecule has 86 valence electrons. The van der Waals surface area contributed by atoms with Crippen molar-refractivity contribution < 1.29 is 9.53 Å². The van der Waals surface area contributed by atoms with E-state index in [9.17, 15) is 4.79 Å². The van der Waals surface area contributed by atoms with Crippen LogP contribution in [0.15, 0.2) is 24.3 Å². The Morgan fingerprint density at radius 1 is 1.38 bits per heavy atom. The first-order valence-electron chi connectivity index (χ1n) is 5.41. The van der Waals surface area contributed by atoms with Gasteiger partial charge in [-0.3, -0.25) is 4.79 Å². The highest BCUT2D eigenvalue weighted by molar-refractivity contribution is 5.79. The van der Waals surface area contributed by atoms with E-state index in [2.05, 4.69) is 10.6 Å². The molecular formula is C12H16N2O2. The number of methoxy groups -OCH3 is 1. The SMILES string of the molecule is COc1ccc(CC2CNCC(=O)N2)cc1. The maximum atomic E-state index is 11.2. The number of amides is 1. The lowest BCUT2D eigenvalue weighted by molar-refractivity contribution is -0.122. The van der Waals surface area contributed by atoms with Crippen molar-refractivity contribution in [2.75, 3.05) is 20.2 Å². The maximum Gasteiger partial charge on any atom is 0.234 e. The van der Waals surface area contributed by atoms with E-state index in [0.717, 1.165) is 18.7 Å². The van der Waals surface area contributed by atoms with Gasteiger partial charge >= 0.3 is 0 Å². The van der Waals surface area contributed by atoms with E-state index in [4.69, 9.17) is 4.74 Å². The van der Waals surface area contributed by atoms with Gasteiger partial charge in [-0.05, 0) is 24.1 Å². The average molecular weight is 220 g/mol. The highest BCUT2D eigenvalue weighted by Crippen LogP contribution is 2.12. The molecule has 0 aliphatic carbocycles. The van der Waals surface area contributed by atoms with Crippen molar-refractivity contribution in [3.8, 4) is 5.75 Å². The summed E-state index contributed by atoms with van der Waals surface area (Å²) in [6.07, 6.45) is 0.850. The number of benzene rings is 1. The van der Waals surface area contributed by atoms with E-state index in [0.29, 0.717) is 6.54 Å². The molecule has 4 heteroatoms. The van der Waals surface area contributed by atoms with Crippen LogP contribution in [0.25, 0.3) is 0 Å².